The van der Waals surface area contributed by atoms with Crippen LogP contribution in [0.25, 0.3) is 28.2 Å². The van der Waals surface area contributed by atoms with Crippen molar-refractivity contribution < 1.29 is 18.7 Å². The van der Waals surface area contributed by atoms with Crippen LogP contribution in [0.5, 0.6) is 0 Å². The molecule has 5 N–H and O–H groups in total. The van der Waals surface area contributed by atoms with Crippen molar-refractivity contribution in [3.05, 3.63) is 71.9 Å². The molecule has 2 heterocycles. The minimum absolute atomic E-state index is 0.0883. The average molecular weight is 437 g/mol. The van der Waals surface area contributed by atoms with Gasteiger partial charge in [-0.15, -0.1) is 5.10 Å². The second-order valence-electron chi connectivity index (χ2n) is 6.99. The quantitative estimate of drug-likeness (QED) is 0.416. The summed E-state index contributed by atoms with van der Waals surface area (Å²) < 4.78 is 29.0. The second-order valence-corrected chi connectivity index (χ2v) is 6.99. The molecule has 32 heavy (non-hydrogen) atoms. The number of aromatic nitrogens is 5. The van der Waals surface area contributed by atoms with Crippen LogP contribution in [0.3, 0.4) is 0 Å². The number of anilines is 1. The van der Waals surface area contributed by atoms with Crippen molar-refractivity contribution in [1.29, 1.82) is 0 Å². The van der Waals surface area contributed by atoms with E-state index in [0.29, 0.717) is 11.1 Å². The van der Waals surface area contributed by atoms with Crippen molar-refractivity contribution >= 4 is 11.8 Å². The Bertz CT molecular complexity index is 1290. The lowest BCUT2D eigenvalue weighted by atomic mass is 10.0. The van der Waals surface area contributed by atoms with Gasteiger partial charge in [0.05, 0.1) is 5.56 Å². The fourth-order valence-corrected chi connectivity index (χ4v) is 3.16. The molecule has 4 rings (SSSR count). The van der Waals surface area contributed by atoms with Crippen molar-refractivity contribution in [3.8, 4) is 28.2 Å². The molecule has 0 aliphatic rings. The van der Waals surface area contributed by atoms with E-state index in [4.69, 9.17) is 16.6 Å². The van der Waals surface area contributed by atoms with Gasteiger partial charge in [0.15, 0.2) is 17.5 Å². The standard InChI is InChI=1S/C21H17F2N7O2/c22-15-2-1-3-17(18(15)23)30-20(27-28-29-30)14-9-13(10-26-19(14)25)12-6-4-11(5-7-12)8-16(24)21(31)32/h1-7,9-10,16H,8,24H2,(H2,25,26)(H,31,32). The molecule has 0 spiro atoms. The molecule has 0 fully saturated rings. The van der Waals surface area contributed by atoms with Gasteiger partial charge in [-0.05, 0) is 46.2 Å². The zero-order chi connectivity index (χ0) is 22.8. The number of nitrogens with zero attached hydrogens (tertiary/aromatic N) is 5. The van der Waals surface area contributed by atoms with E-state index >= 15 is 0 Å². The third-order valence-corrected chi connectivity index (χ3v) is 4.85. The number of hydrogen-bond donors (Lipinski definition) is 3. The fraction of sp³-hybridized carbons (Fsp3) is 0.0952. The lowest BCUT2D eigenvalue weighted by molar-refractivity contribution is -0.138. The maximum Gasteiger partial charge on any atom is 0.320 e. The summed E-state index contributed by atoms with van der Waals surface area (Å²) in [7, 11) is 0. The maximum absolute atomic E-state index is 14.3. The van der Waals surface area contributed by atoms with E-state index in [1.54, 1.807) is 36.5 Å². The molecule has 11 heteroatoms. The number of halogens is 2. The number of carbonyl (C=O) groups is 1. The number of nitrogens with two attached hydrogens (primary N) is 2. The normalized spacial score (nSPS) is 12.0. The Kier molecular flexibility index (Phi) is 5.56. The van der Waals surface area contributed by atoms with Gasteiger partial charge in [0.2, 0.25) is 0 Å². The van der Waals surface area contributed by atoms with Crippen molar-refractivity contribution in [2.45, 2.75) is 12.5 Å². The third-order valence-electron chi connectivity index (χ3n) is 4.85. The SMILES string of the molecule is Nc1ncc(-c2ccc(CC(N)C(=O)O)cc2)cc1-c1nnnn1-c1cccc(F)c1F. The number of tetrazole rings is 1. The predicted molar refractivity (Wildman–Crippen MR) is 111 cm³/mol. The smallest absolute Gasteiger partial charge is 0.320 e. The number of pyridine rings is 1. The summed E-state index contributed by atoms with van der Waals surface area (Å²) in [6.07, 6.45) is 1.74. The Hall–Kier alpha value is -4.25. The van der Waals surface area contributed by atoms with E-state index in [9.17, 15) is 13.6 Å². The molecule has 4 aromatic rings. The van der Waals surface area contributed by atoms with Crippen LogP contribution in [0, 0.1) is 11.6 Å². The number of benzene rings is 2. The van der Waals surface area contributed by atoms with Gasteiger partial charge in [-0.2, -0.15) is 4.68 Å². The molecule has 0 aliphatic carbocycles. The Balaban J connectivity index is 1.70. The van der Waals surface area contributed by atoms with Crippen LogP contribution in [0.4, 0.5) is 14.6 Å². The Morgan fingerprint density at radius 2 is 1.88 bits per heavy atom. The number of nitrogen functional groups attached to an aromatic ring is 1. The Labute approximate surface area is 180 Å². The highest BCUT2D eigenvalue weighted by Gasteiger charge is 2.19. The summed E-state index contributed by atoms with van der Waals surface area (Å²) in [6, 6.07) is 11.5. The molecule has 1 unspecified atom stereocenters. The predicted octanol–water partition coefficient (Wildman–Crippen LogP) is 2.21. The van der Waals surface area contributed by atoms with Gasteiger partial charge in [-0.25, -0.2) is 13.8 Å². The molecule has 2 aromatic carbocycles. The molecule has 9 nitrogen and oxygen atoms in total. The summed E-state index contributed by atoms with van der Waals surface area (Å²) in [4.78, 5) is 15.1. The molecule has 0 saturated carbocycles. The highest BCUT2D eigenvalue weighted by atomic mass is 19.2. The molecule has 0 amide bonds. The molecule has 1 atom stereocenters. The minimum Gasteiger partial charge on any atom is -0.480 e. The lowest BCUT2D eigenvalue weighted by Crippen LogP contribution is -2.32. The molecule has 0 radical (unpaired) electrons. The molecule has 0 aliphatic heterocycles. The van der Waals surface area contributed by atoms with Crippen LogP contribution in [-0.2, 0) is 11.2 Å². The largest absolute Gasteiger partial charge is 0.480 e. The first kappa shape index (κ1) is 21.0. The van der Waals surface area contributed by atoms with E-state index in [1.807, 2.05) is 0 Å². The fourth-order valence-electron chi connectivity index (χ4n) is 3.16. The van der Waals surface area contributed by atoms with Crippen LogP contribution in [-0.4, -0.2) is 42.3 Å². The van der Waals surface area contributed by atoms with E-state index in [-0.39, 0.29) is 23.8 Å². The van der Waals surface area contributed by atoms with Gasteiger partial charge in [-0.3, -0.25) is 4.79 Å². The van der Waals surface area contributed by atoms with Gasteiger partial charge >= 0.3 is 5.97 Å². The maximum atomic E-state index is 14.3. The average Bonchev–Trinajstić information content (AvgIpc) is 3.26. The first-order chi connectivity index (χ1) is 15.3. The minimum atomic E-state index is -1.10. The zero-order valence-corrected chi connectivity index (χ0v) is 16.5. The summed E-state index contributed by atoms with van der Waals surface area (Å²) in [5.41, 5.74) is 13.9. The van der Waals surface area contributed by atoms with Crippen molar-refractivity contribution in [3.63, 3.8) is 0 Å². The Morgan fingerprint density at radius 3 is 2.59 bits per heavy atom. The highest BCUT2D eigenvalue weighted by Crippen LogP contribution is 2.30. The zero-order valence-electron chi connectivity index (χ0n) is 16.5. The first-order valence-corrected chi connectivity index (χ1v) is 9.41. The van der Waals surface area contributed by atoms with Crippen molar-refractivity contribution in [2.24, 2.45) is 5.73 Å². The number of rotatable bonds is 6. The summed E-state index contributed by atoms with van der Waals surface area (Å²) in [6.45, 7) is 0. The van der Waals surface area contributed by atoms with Gasteiger partial charge < -0.3 is 16.6 Å². The third kappa shape index (κ3) is 4.01. The number of hydrogen-bond acceptors (Lipinski definition) is 7. The van der Waals surface area contributed by atoms with Crippen LogP contribution < -0.4 is 11.5 Å². The van der Waals surface area contributed by atoms with E-state index in [0.717, 1.165) is 21.9 Å². The first-order valence-electron chi connectivity index (χ1n) is 9.41. The van der Waals surface area contributed by atoms with E-state index in [2.05, 4.69) is 20.5 Å². The lowest BCUT2D eigenvalue weighted by Gasteiger charge is -2.10. The topological polar surface area (TPSA) is 146 Å². The van der Waals surface area contributed by atoms with Gasteiger partial charge in [0, 0.05) is 11.8 Å². The molecular formula is C21H17F2N7O2. The number of carboxylic acid groups (broad SMARTS) is 1. The summed E-state index contributed by atoms with van der Waals surface area (Å²) in [5.74, 6) is -3.02. The van der Waals surface area contributed by atoms with Crippen LogP contribution in [0.1, 0.15) is 5.56 Å². The molecule has 0 bridgehead atoms. The monoisotopic (exact) mass is 437 g/mol. The summed E-state index contributed by atoms with van der Waals surface area (Å²) >= 11 is 0. The van der Waals surface area contributed by atoms with Crippen molar-refractivity contribution in [1.82, 2.24) is 25.2 Å². The molecule has 2 aromatic heterocycles. The number of aliphatic carboxylic acids is 1. The van der Waals surface area contributed by atoms with Crippen LogP contribution in [0.15, 0.2) is 54.7 Å². The number of carboxylic acids is 1. The second kappa shape index (κ2) is 8.47. The summed E-state index contributed by atoms with van der Waals surface area (Å²) in [5, 5.41) is 20.2. The van der Waals surface area contributed by atoms with Gasteiger partial charge in [0.25, 0.3) is 0 Å². The van der Waals surface area contributed by atoms with Gasteiger partial charge in [0.1, 0.15) is 17.5 Å². The Morgan fingerprint density at radius 1 is 1.12 bits per heavy atom. The van der Waals surface area contributed by atoms with Crippen LogP contribution >= 0.6 is 0 Å². The van der Waals surface area contributed by atoms with E-state index < -0.39 is 23.6 Å². The molecule has 0 saturated heterocycles. The van der Waals surface area contributed by atoms with Crippen LogP contribution in [0.2, 0.25) is 0 Å². The molecule has 162 valence electrons. The molecular weight excluding hydrogens is 420 g/mol. The highest BCUT2D eigenvalue weighted by molar-refractivity contribution is 5.77. The van der Waals surface area contributed by atoms with Gasteiger partial charge in [-0.1, -0.05) is 30.3 Å². The van der Waals surface area contributed by atoms with E-state index in [1.165, 1.54) is 12.1 Å². The van der Waals surface area contributed by atoms with Crippen molar-refractivity contribution in [2.75, 3.05) is 5.73 Å².